The number of benzene rings is 2. The lowest BCUT2D eigenvalue weighted by Gasteiger charge is -2.17. The number of fused-ring (bicyclic) bond motifs is 1. The molecule has 3 rings (SSSR count). The van der Waals surface area contributed by atoms with E-state index in [9.17, 15) is 8.42 Å². The van der Waals surface area contributed by atoms with Gasteiger partial charge in [0.1, 0.15) is 10.2 Å². The molecule has 1 heterocycles. The summed E-state index contributed by atoms with van der Waals surface area (Å²) in [5, 5.41) is 5.24. The highest BCUT2D eigenvalue weighted by Gasteiger charge is 2.22. The standard InChI is InChI=1S/C16H16BrN3O3S/c1-10-15(17)16(18-23-10)19-24(21,22)14-9-5-6-11-12(14)7-4-8-13(11)20(2)3/h4-9H,1-3H3,(H,18,19). The van der Waals surface area contributed by atoms with E-state index in [-0.39, 0.29) is 10.7 Å². The molecule has 1 N–H and O–H groups in total. The number of anilines is 2. The van der Waals surface area contributed by atoms with Crippen LogP contribution in [-0.2, 0) is 10.0 Å². The van der Waals surface area contributed by atoms with Crippen LogP contribution in [0.5, 0.6) is 0 Å². The van der Waals surface area contributed by atoms with Crippen LogP contribution in [0.15, 0.2) is 50.3 Å². The SMILES string of the molecule is Cc1onc(NS(=O)(=O)c2cccc3c(N(C)C)cccc23)c1Br. The molecule has 24 heavy (non-hydrogen) atoms. The van der Waals surface area contributed by atoms with Crippen molar-refractivity contribution in [2.24, 2.45) is 0 Å². The smallest absolute Gasteiger partial charge is 0.263 e. The Kier molecular flexibility index (Phi) is 4.27. The van der Waals surface area contributed by atoms with Gasteiger partial charge in [-0.3, -0.25) is 4.72 Å². The maximum absolute atomic E-state index is 12.8. The third-order valence-corrected chi connectivity index (χ3v) is 5.98. The summed E-state index contributed by atoms with van der Waals surface area (Å²) in [6.07, 6.45) is 0. The number of halogens is 1. The van der Waals surface area contributed by atoms with Crippen LogP contribution in [0.2, 0.25) is 0 Å². The van der Waals surface area contributed by atoms with Gasteiger partial charge in [0, 0.05) is 30.6 Å². The quantitative estimate of drug-likeness (QED) is 0.709. The molecule has 0 unspecified atom stereocenters. The van der Waals surface area contributed by atoms with Crippen molar-refractivity contribution >= 4 is 48.2 Å². The molecule has 0 spiro atoms. The minimum absolute atomic E-state index is 0.133. The highest BCUT2D eigenvalue weighted by molar-refractivity contribution is 9.10. The van der Waals surface area contributed by atoms with Gasteiger partial charge in [-0.05, 0) is 35.0 Å². The average Bonchev–Trinajstić information content (AvgIpc) is 2.85. The Balaban J connectivity index is 2.15. The molecule has 0 aliphatic rings. The van der Waals surface area contributed by atoms with Crippen molar-refractivity contribution in [3.05, 3.63) is 46.6 Å². The first-order valence-corrected chi connectivity index (χ1v) is 9.42. The van der Waals surface area contributed by atoms with Gasteiger partial charge in [0.25, 0.3) is 10.0 Å². The van der Waals surface area contributed by atoms with Gasteiger partial charge in [-0.1, -0.05) is 29.4 Å². The molecule has 0 aliphatic heterocycles. The molecular weight excluding hydrogens is 394 g/mol. The molecule has 8 heteroatoms. The van der Waals surface area contributed by atoms with E-state index in [0.717, 1.165) is 11.1 Å². The lowest BCUT2D eigenvalue weighted by molar-refractivity contribution is 0.399. The monoisotopic (exact) mass is 409 g/mol. The number of sulfonamides is 1. The minimum atomic E-state index is -3.81. The van der Waals surface area contributed by atoms with Crippen LogP contribution in [0.3, 0.4) is 0 Å². The molecule has 6 nitrogen and oxygen atoms in total. The largest absolute Gasteiger partial charge is 0.377 e. The molecular formula is C16H16BrN3O3S. The summed E-state index contributed by atoms with van der Waals surface area (Å²) in [7, 11) is 0.0277. The molecule has 0 radical (unpaired) electrons. The third-order valence-electron chi connectivity index (χ3n) is 3.65. The highest BCUT2D eigenvalue weighted by atomic mass is 79.9. The van der Waals surface area contributed by atoms with E-state index in [0.29, 0.717) is 15.6 Å². The summed E-state index contributed by atoms with van der Waals surface area (Å²) < 4.78 is 33.6. The van der Waals surface area contributed by atoms with E-state index in [1.807, 2.05) is 37.2 Å². The van der Waals surface area contributed by atoms with Crippen molar-refractivity contribution in [1.29, 1.82) is 0 Å². The lowest BCUT2D eigenvalue weighted by atomic mass is 10.1. The van der Waals surface area contributed by atoms with Crippen molar-refractivity contribution in [2.45, 2.75) is 11.8 Å². The molecule has 2 aromatic carbocycles. The van der Waals surface area contributed by atoms with Crippen molar-refractivity contribution in [3.8, 4) is 0 Å². The van der Waals surface area contributed by atoms with Crippen LogP contribution >= 0.6 is 15.9 Å². The van der Waals surface area contributed by atoms with Gasteiger partial charge in [-0.2, -0.15) is 0 Å². The maximum atomic E-state index is 12.8. The fourth-order valence-electron chi connectivity index (χ4n) is 2.50. The molecule has 0 amide bonds. The maximum Gasteiger partial charge on any atom is 0.263 e. The summed E-state index contributed by atoms with van der Waals surface area (Å²) in [4.78, 5) is 2.14. The Hall–Kier alpha value is -2.06. The number of aryl methyl sites for hydroxylation is 1. The summed E-state index contributed by atoms with van der Waals surface area (Å²) in [6, 6.07) is 10.8. The van der Waals surface area contributed by atoms with Crippen LogP contribution in [0.25, 0.3) is 10.8 Å². The summed E-state index contributed by atoms with van der Waals surface area (Å²) >= 11 is 3.27. The molecule has 1 aromatic heterocycles. The normalized spacial score (nSPS) is 11.7. The first-order valence-electron chi connectivity index (χ1n) is 7.15. The van der Waals surface area contributed by atoms with E-state index in [2.05, 4.69) is 25.8 Å². The Morgan fingerprint density at radius 3 is 2.42 bits per heavy atom. The van der Waals surface area contributed by atoms with Crippen molar-refractivity contribution < 1.29 is 12.9 Å². The lowest BCUT2D eigenvalue weighted by Crippen LogP contribution is -2.14. The van der Waals surface area contributed by atoms with Gasteiger partial charge in [-0.15, -0.1) is 0 Å². The Morgan fingerprint density at radius 2 is 1.79 bits per heavy atom. The number of nitrogens with zero attached hydrogens (tertiary/aromatic N) is 2. The van der Waals surface area contributed by atoms with E-state index in [1.54, 1.807) is 25.1 Å². The molecule has 126 valence electrons. The number of rotatable bonds is 4. The fourth-order valence-corrected chi connectivity index (χ4v) is 4.10. The molecule has 3 aromatic rings. The number of hydrogen-bond acceptors (Lipinski definition) is 5. The molecule has 0 bridgehead atoms. The Labute approximate surface area is 148 Å². The zero-order chi connectivity index (χ0) is 17.5. The predicted octanol–water partition coefficient (Wildman–Crippen LogP) is 3.77. The fraction of sp³-hybridized carbons (Fsp3) is 0.188. The zero-order valence-corrected chi connectivity index (χ0v) is 15.8. The van der Waals surface area contributed by atoms with Crippen LogP contribution in [0.1, 0.15) is 5.76 Å². The van der Waals surface area contributed by atoms with Gasteiger partial charge in [0.05, 0.1) is 4.90 Å². The van der Waals surface area contributed by atoms with E-state index in [1.165, 1.54) is 0 Å². The Bertz CT molecular complexity index is 1010. The van der Waals surface area contributed by atoms with Crippen LogP contribution < -0.4 is 9.62 Å². The van der Waals surface area contributed by atoms with Crippen molar-refractivity contribution in [1.82, 2.24) is 5.16 Å². The van der Waals surface area contributed by atoms with Gasteiger partial charge >= 0.3 is 0 Å². The van der Waals surface area contributed by atoms with Gasteiger partial charge in [-0.25, -0.2) is 8.42 Å². The zero-order valence-electron chi connectivity index (χ0n) is 13.4. The van der Waals surface area contributed by atoms with Gasteiger partial charge in [0.15, 0.2) is 5.82 Å². The van der Waals surface area contributed by atoms with Crippen LogP contribution in [-0.4, -0.2) is 27.7 Å². The third kappa shape index (κ3) is 2.87. The molecule has 0 saturated carbocycles. The highest BCUT2D eigenvalue weighted by Crippen LogP contribution is 2.32. The second-order valence-electron chi connectivity index (χ2n) is 5.53. The number of aromatic nitrogens is 1. The first kappa shape index (κ1) is 16.8. The second kappa shape index (κ2) is 6.10. The van der Waals surface area contributed by atoms with Crippen LogP contribution in [0.4, 0.5) is 11.5 Å². The van der Waals surface area contributed by atoms with E-state index in [4.69, 9.17) is 4.52 Å². The predicted molar refractivity (Wildman–Crippen MR) is 98.0 cm³/mol. The summed E-state index contributed by atoms with van der Waals surface area (Å²) in [6.45, 7) is 1.69. The second-order valence-corrected chi connectivity index (χ2v) is 7.97. The summed E-state index contributed by atoms with van der Waals surface area (Å²) in [5.74, 6) is 0.633. The minimum Gasteiger partial charge on any atom is -0.377 e. The van der Waals surface area contributed by atoms with E-state index >= 15 is 0 Å². The van der Waals surface area contributed by atoms with Gasteiger partial charge < -0.3 is 9.42 Å². The van der Waals surface area contributed by atoms with Gasteiger partial charge in [0.2, 0.25) is 0 Å². The van der Waals surface area contributed by atoms with Crippen LogP contribution in [0, 0.1) is 6.92 Å². The Morgan fingerprint density at radius 1 is 1.12 bits per heavy atom. The van der Waals surface area contributed by atoms with E-state index < -0.39 is 10.0 Å². The molecule has 0 saturated heterocycles. The molecule has 0 aliphatic carbocycles. The molecule has 0 atom stereocenters. The van der Waals surface area contributed by atoms with Crippen molar-refractivity contribution in [2.75, 3.05) is 23.7 Å². The first-order chi connectivity index (χ1) is 11.3. The average molecular weight is 410 g/mol. The number of hydrogen-bond donors (Lipinski definition) is 1. The topological polar surface area (TPSA) is 75.4 Å². The van der Waals surface area contributed by atoms with Crippen molar-refractivity contribution in [3.63, 3.8) is 0 Å². The summed E-state index contributed by atoms with van der Waals surface area (Å²) in [5.41, 5.74) is 0.947. The number of nitrogens with one attached hydrogen (secondary N) is 1. The molecule has 0 fully saturated rings.